The molecule has 0 unspecified atom stereocenters. The predicted octanol–water partition coefficient (Wildman–Crippen LogP) is 1.52. The molecular weight excluding hydrogens is 362 g/mol. The van der Waals surface area contributed by atoms with Crippen molar-refractivity contribution < 1.29 is 23.9 Å². The Labute approximate surface area is 164 Å². The summed E-state index contributed by atoms with van der Waals surface area (Å²) < 4.78 is 5.33. The lowest BCUT2D eigenvalue weighted by molar-refractivity contribution is -0.143. The summed E-state index contributed by atoms with van der Waals surface area (Å²) in [4.78, 5) is 52.9. The van der Waals surface area contributed by atoms with Gasteiger partial charge in [0.1, 0.15) is 5.60 Å². The summed E-state index contributed by atoms with van der Waals surface area (Å²) in [5, 5.41) is 2.77. The Bertz CT molecular complexity index is 777. The molecule has 8 heteroatoms. The molecule has 0 aromatic heterocycles. The molecule has 152 valence electrons. The van der Waals surface area contributed by atoms with Crippen molar-refractivity contribution in [3.63, 3.8) is 0 Å². The Morgan fingerprint density at radius 1 is 1.21 bits per heavy atom. The molecule has 2 atom stereocenters. The first-order chi connectivity index (χ1) is 13.1. The van der Waals surface area contributed by atoms with Crippen LogP contribution in [0.3, 0.4) is 0 Å². The minimum absolute atomic E-state index is 0.117. The van der Waals surface area contributed by atoms with E-state index in [1.54, 1.807) is 31.7 Å². The van der Waals surface area contributed by atoms with Gasteiger partial charge in [0.05, 0.1) is 12.1 Å². The normalized spacial score (nSPS) is 25.1. The molecule has 0 radical (unpaired) electrons. The quantitative estimate of drug-likeness (QED) is 0.723. The van der Waals surface area contributed by atoms with E-state index in [4.69, 9.17) is 4.74 Å². The second-order valence-electron chi connectivity index (χ2n) is 8.39. The van der Waals surface area contributed by atoms with Gasteiger partial charge in [-0.2, -0.15) is 0 Å². The van der Waals surface area contributed by atoms with Gasteiger partial charge in [0.2, 0.25) is 5.91 Å². The largest absolute Gasteiger partial charge is 0.444 e. The molecule has 8 nitrogen and oxygen atoms in total. The van der Waals surface area contributed by atoms with Gasteiger partial charge in [-0.3, -0.25) is 19.3 Å². The number of nitrogens with one attached hydrogen (secondary N) is 1. The molecule has 0 aromatic rings. The number of piperidine rings is 1. The smallest absolute Gasteiger partial charge is 0.408 e. The molecule has 3 rings (SSSR count). The summed E-state index contributed by atoms with van der Waals surface area (Å²) in [6.07, 6.45) is 4.64. The number of rotatable bonds is 2. The lowest BCUT2D eigenvalue weighted by Gasteiger charge is -2.42. The third kappa shape index (κ3) is 3.95. The van der Waals surface area contributed by atoms with Crippen molar-refractivity contribution in [2.75, 3.05) is 13.1 Å². The topological polar surface area (TPSA) is 96.0 Å². The van der Waals surface area contributed by atoms with E-state index in [0.717, 1.165) is 6.42 Å². The Morgan fingerprint density at radius 2 is 1.93 bits per heavy atom. The van der Waals surface area contributed by atoms with E-state index in [1.165, 1.54) is 11.8 Å². The lowest BCUT2D eigenvalue weighted by atomic mass is 9.97. The van der Waals surface area contributed by atoms with Crippen LogP contribution >= 0.6 is 0 Å². The number of alkyl carbamates (subject to hydrolysis) is 1. The fourth-order valence-electron chi connectivity index (χ4n) is 3.89. The van der Waals surface area contributed by atoms with Crippen molar-refractivity contribution in [2.45, 2.75) is 64.6 Å². The van der Waals surface area contributed by atoms with E-state index in [2.05, 4.69) is 5.32 Å². The summed E-state index contributed by atoms with van der Waals surface area (Å²) >= 11 is 0. The zero-order valence-electron chi connectivity index (χ0n) is 16.8. The van der Waals surface area contributed by atoms with Gasteiger partial charge in [0, 0.05) is 31.2 Å². The van der Waals surface area contributed by atoms with Crippen LogP contribution in [0, 0.1) is 0 Å². The fourth-order valence-corrected chi connectivity index (χ4v) is 3.89. The standard InChI is InChI=1S/C20H27N3O5/c1-12(24)22-10-9-16(15(11-22)21-19(27)28-20(2,3)4)23-17(25)13-7-5-6-8-14(13)18(23)26/h5,7,15-16H,6,8-11H2,1-4H3,(H,21,27)/t15-,16+/m0/s1. The molecule has 2 heterocycles. The molecule has 1 N–H and O–H groups in total. The van der Waals surface area contributed by atoms with Gasteiger partial charge in [-0.15, -0.1) is 0 Å². The number of ether oxygens (including phenoxy) is 1. The number of amides is 4. The number of imide groups is 1. The molecule has 0 bridgehead atoms. The maximum atomic E-state index is 12.9. The fraction of sp³-hybridized carbons (Fsp3) is 0.600. The maximum Gasteiger partial charge on any atom is 0.408 e. The van der Waals surface area contributed by atoms with Crippen LogP contribution in [-0.2, 0) is 19.1 Å². The molecule has 4 amide bonds. The highest BCUT2D eigenvalue weighted by Crippen LogP contribution is 2.33. The number of nitrogens with zero attached hydrogens (tertiary/aromatic N) is 2. The van der Waals surface area contributed by atoms with Crippen LogP contribution in [0.15, 0.2) is 23.3 Å². The zero-order valence-corrected chi connectivity index (χ0v) is 16.8. The third-order valence-corrected chi connectivity index (χ3v) is 5.15. The SMILES string of the molecule is CC(=O)N1CC[C@@H](N2C(=O)C3=C(CCC=C3)C2=O)[C@@H](NC(=O)OC(C)(C)C)C1. The van der Waals surface area contributed by atoms with E-state index in [9.17, 15) is 19.2 Å². The van der Waals surface area contributed by atoms with Crippen molar-refractivity contribution in [3.8, 4) is 0 Å². The van der Waals surface area contributed by atoms with Crippen molar-refractivity contribution in [1.29, 1.82) is 0 Å². The van der Waals surface area contributed by atoms with Crippen LogP contribution in [0.5, 0.6) is 0 Å². The molecule has 1 fully saturated rings. The molecule has 28 heavy (non-hydrogen) atoms. The first-order valence-corrected chi connectivity index (χ1v) is 9.61. The molecule has 0 saturated carbocycles. The summed E-state index contributed by atoms with van der Waals surface area (Å²) in [6, 6.07) is -1.12. The summed E-state index contributed by atoms with van der Waals surface area (Å²) in [6.45, 7) is 7.36. The molecule has 1 saturated heterocycles. The second-order valence-corrected chi connectivity index (χ2v) is 8.39. The highest BCUT2D eigenvalue weighted by Gasteiger charge is 2.46. The summed E-state index contributed by atoms with van der Waals surface area (Å²) in [5.74, 6) is -0.733. The van der Waals surface area contributed by atoms with Crippen molar-refractivity contribution >= 4 is 23.8 Å². The van der Waals surface area contributed by atoms with Crippen LogP contribution in [0.2, 0.25) is 0 Å². The Balaban J connectivity index is 1.82. The van der Waals surface area contributed by atoms with Crippen LogP contribution in [-0.4, -0.2) is 64.4 Å². The highest BCUT2D eigenvalue weighted by atomic mass is 16.6. The molecule has 0 spiro atoms. The van der Waals surface area contributed by atoms with E-state index < -0.39 is 23.8 Å². The summed E-state index contributed by atoms with van der Waals surface area (Å²) in [7, 11) is 0. The van der Waals surface area contributed by atoms with Crippen LogP contribution in [0.25, 0.3) is 0 Å². The Hall–Kier alpha value is -2.64. The first-order valence-electron chi connectivity index (χ1n) is 9.61. The van der Waals surface area contributed by atoms with E-state index in [-0.39, 0.29) is 24.3 Å². The molecule has 3 aliphatic rings. The van der Waals surface area contributed by atoms with Gasteiger partial charge in [-0.25, -0.2) is 4.79 Å². The van der Waals surface area contributed by atoms with Crippen LogP contribution < -0.4 is 5.32 Å². The van der Waals surface area contributed by atoms with E-state index in [0.29, 0.717) is 30.5 Å². The minimum atomic E-state index is -0.681. The van der Waals surface area contributed by atoms with Gasteiger partial charge in [0.25, 0.3) is 11.8 Å². The van der Waals surface area contributed by atoms with Gasteiger partial charge in [-0.1, -0.05) is 12.2 Å². The average molecular weight is 389 g/mol. The third-order valence-electron chi connectivity index (χ3n) is 5.15. The number of allylic oxidation sites excluding steroid dienone is 1. The monoisotopic (exact) mass is 389 g/mol. The minimum Gasteiger partial charge on any atom is -0.444 e. The second kappa shape index (κ2) is 7.41. The van der Waals surface area contributed by atoms with E-state index >= 15 is 0 Å². The molecule has 0 aromatic carbocycles. The van der Waals surface area contributed by atoms with Crippen molar-refractivity contribution in [1.82, 2.24) is 15.1 Å². The molecule has 2 aliphatic heterocycles. The van der Waals surface area contributed by atoms with Crippen LogP contribution in [0.4, 0.5) is 4.79 Å². The zero-order chi connectivity index (χ0) is 20.6. The first kappa shape index (κ1) is 20.1. The van der Waals surface area contributed by atoms with Gasteiger partial charge in [-0.05, 0) is 40.0 Å². The number of hydrogen-bond donors (Lipinski definition) is 1. The number of likely N-dealkylation sites (tertiary alicyclic amines) is 1. The van der Waals surface area contributed by atoms with Crippen molar-refractivity contribution in [2.24, 2.45) is 0 Å². The molecule has 1 aliphatic carbocycles. The highest BCUT2D eigenvalue weighted by molar-refractivity contribution is 6.21. The maximum absolute atomic E-state index is 12.9. The Morgan fingerprint density at radius 3 is 2.54 bits per heavy atom. The van der Waals surface area contributed by atoms with E-state index in [1.807, 2.05) is 6.08 Å². The van der Waals surface area contributed by atoms with Crippen molar-refractivity contribution in [3.05, 3.63) is 23.3 Å². The predicted molar refractivity (Wildman–Crippen MR) is 101 cm³/mol. The van der Waals surface area contributed by atoms with Gasteiger partial charge >= 0.3 is 6.09 Å². The van der Waals surface area contributed by atoms with Gasteiger partial charge in [0.15, 0.2) is 0 Å². The number of carbonyl (C=O) groups excluding carboxylic acids is 4. The lowest BCUT2D eigenvalue weighted by Crippen LogP contribution is -2.62. The number of hydrogen-bond acceptors (Lipinski definition) is 5. The average Bonchev–Trinajstić information content (AvgIpc) is 2.85. The van der Waals surface area contributed by atoms with Crippen LogP contribution in [0.1, 0.15) is 47.0 Å². The van der Waals surface area contributed by atoms with Gasteiger partial charge < -0.3 is 15.0 Å². The summed E-state index contributed by atoms with van der Waals surface area (Å²) in [5.41, 5.74) is 0.304. The Kier molecular flexibility index (Phi) is 5.32. The molecular formula is C20H27N3O5. The number of carbonyl (C=O) groups is 4.